The Morgan fingerprint density at radius 1 is 1.14 bits per heavy atom. The molecule has 0 amide bonds. The van der Waals surface area contributed by atoms with Crippen molar-refractivity contribution in [2.45, 2.75) is 18.4 Å². The summed E-state index contributed by atoms with van der Waals surface area (Å²) in [5, 5.41) is 10.6. The summed E-state index contributed by atoms with van der Waals surface area (Å²) in [4.78, 5) is 0. The Labute approximate surface area is 84.1 Å². The average molecular weight is 186 g/mol. The summed E-state index contributed by atoms with van der Waals surface area (Å²) < 4.78 is 0. The molecule has 0 heterocycles. The molecule has 0 aliphatic heterocycles. The third-order valence-electron chi connectivity index (χ3n) is 3.63. The monoisotopic (exact) mass is 186 g/mol. The summed E-state index contributed by atoms with van der Waals surface area (Å²) in [5.41, 5.74) is 0.498. The Bertz CT molecular complexity index is 368. The molecule has 1 aromatic carbocycles. The molecule has 14 heavy (non-hydrogen) atoms. The van der Waals surface area contributed by atoms with Crippen molar-refractivity contribution in [3.05, 3.63) is 48.0 Å². The molecule has 3 atom stereocenters. The molecule has 0 saturated heterocycles. The first-order chi connectivity index (χ1) is 6.79. The van der Waals surface area contributed by atoms with Gasteiger partial charge in [-0.1, -0.05) is 42.5 Å². The zero-order valence-corrected chi connectivity index (χ0v) is 8.06. The largest absolute Gasteiger partial charge is 0.385 e. The average Bonchev–Trinajstić information content (AvgIpc) is 2.79. The predicted molar refractivity (Wildman–Crippen MR) is 55.7 cm³/mol. The van der Waals surface area contributed by atoms with Gasteiger partial charge in [-0.05, 0) is 24.3 Å². The van der Waals surface area contributed by atoms with Crippen molar-refractivity contribution < 1.29 is 5.11 Å². The second kappa shape index (κ2) is 2.71. The molecule has 0 aromatic heterocycles. The van der Waals surface area contributed by atoms with Crippen molar-refractivity contribution in [1.29, 1.82) is 0 Å². The van der Waals surface area contributed by atoms with Crippen LogP contribution in [0.15, 0.2) is 42.5 Å². The van der Waals surface area contributed by atoms with Crippen molar-refractivity contribution >= 4 is 0 Å². The smallest absolute Gasteiger partial charge is 0.0964 e. The van der Waals surface area contributed by atoms with Gasteiger partial charge in [0.25, 0.3) is 0 Å². The van der Waals surface area contributed by atoms with Gasteiger partial charge in [0, 0.05) is 5.92 Å². The third-order valence-corrected chi connectivity index (χ3v) is 3.63. The van der Waals surface area contributed by atoms with Gasteiger partial charge < -0.3 is 5.11 Å². The van der Waals surface area contributed by atoms with Crippen LogP contribution >= 0.6 is 0 Å². The van der Waals surface area contributed by atoms with Gasteiger partial charge in [-0.2, -0.15) is 0 Å². The lowest BCUT2D eigenvalue weighted by Gasteiger charge is -2.30. The van der Waals surface area contributed by atoms with E-state index in [1.54, 1.807) is 0 Å². The molecule has 3 rings (SSSR count). The standard InChI is InChI=1S/C13H14O/c14-13(11-4-2-1-3-5-11)9-10-6-7-12(13)8-10/h1-7,10,12,14H,8-9H2/t10-,12+,13+/m1/s1. The van der Waals surface area contributed by atoms with E-state index in [-0.39, 0.29) is 0 Å². The van der Waals surface area contributed by atoms with Gasteiger partial charge in [0.2, 0.25) is 0 Å². The number of benzene rings is 1. The zero-order valence-electron chi connectivity index (χ0n) is 8.06. The Morgan fingerprint density at radius 2 is 1.93 bits per heavy atom. The fourth-order valence-corrected chi connectivity index (χ4v) is 2.89. The first-order valence-corrected chi connectivity index (χ1v) is 5.25. The molecule has 1 heteroatoms. The molecule has 0 spiro atoms. The first kappa shape index (κ1) is 8.25. The molecule has 2 aliphatic rings. The molecule has 1 aromatic rings. The zero-order chi connectivity index (χ0) is 9.60. The summed E-state index contributed by atoms with van der Waals surface area (Å²) >= 11 is 0. The van der Waals surface area contributed by atoms with Gasteiger partial charge in [0.05, 0.1) is 5.60 Å². The van der Waals surface area contributed by atoms with E-state index in [0.29, 0.717) is 11.8 Å². The van der Waals surface area contributed by atoms with Crippen LogP contribution in [0.5, 0.6) is 0 Å². The fourth-order valence-electron chi connectivity index (χ4n) is 2.89. The van der Waals surface area contributed by atoms with E-state index in [0.717, 1.165) is 18.4 Å². The fraction of sp³-hybridized carbons (Fsp3) is 0.385. The lowest BCUT2D eigenvalue weighted by atomic mass is 9.82. The molecule has 1 N–H and O–H groups in total. The molecule has 0 radical (unpaired) electrons. The molecule has 2 aliphatic carbocycles. The SMILES string of the molecule is O[C@]1(c2ccccc2)C[C@@H]2C=C[C@H]1C2. The van der Waals surface area contributed by atoms with Crippen molar-refractivity contribution in [1.82, 2.24) is 0 Å². The van der Waals surface area contributed by atoms with Crippen LogP contribution in [0.4, 0.5) is 0 Å². The van der Waals surface area contributed by atoms with Crippen LogP contribution in [0.2, 0.25) is 0 Å². The maximum atomic E-state index is 10.6. The Morgan fingerprint density at radius 3 is 2.50 bits per heavy atom. The minimum Gasteiger partial charge on any atom is -0.385 e. The molecule has 2 bridgehead atoms. The van der Waals surface area contributed by atoms with E-state index in [1.807, 2.05) is 30.3 Å². The van der Waals surface area contributed by atoms with Gasteiger partial charge in [-0.25, -0.2) is 0 Å². The van der Waals surface area contributed by atoms with Crippen LogP contribution in [-0.4, -0.2) is 5.11 Å². The lowest BCUT2D eigenvalue weighted by Crippen LogP contribution is -2.30. The summed E-state index contributed by atoms with van der Waals surface area (Å²) in [7, 11) is 0. The molecule has 1 nitrogen and oxygen atoms in total. The predicted octanol–water partition coefficient (Wildman–Crippen LogP) is 2.47. The summed E-state index contributed by atoms with van der Waals surface area (Å²) in [6.45, 7) is 0. The van der Waals surface area contributed by atoms with Crippen molar-refractivity contribution in [3.63, 3.8) is 0 Å². The second-order valence-electron chi connectivity index (χ2n) is 4.48. The molecular weight excluding hydrogens is 172 g/mol. The van der Waals surface area contributed by atoms with E-state index >= 15 is 0 Å². The minimum absolute atomic E-state index is 0.342. The van der Waals surface area contributed by atoms with Crippen LogP contribution in [0.1, 0.15) is 18.4 Å². The van der Waals surface area contributed by atoms with E-state index < -0.39 is 5.60 Å². The van der Waals surface area contributed by atoms with Gasteiger partial charge in [-0.3, -0.25) is 0 Å². The minimum atomic E-state index is -0.583. The number of aliphatic hydroxyl groups is 1. The highest BCUT2D eigenvalue weighted by Crippen LogP contribution is 2.51. The highest BCUT2D eigenvalue weighted by molar-refractivity contribution is 5.30. The number of allylic oxidation sites excluding steroid dienone is 1. The maximum absolute atomic E-state index is 10.6. The Kier molecular flexibility index (Phi) is 1.59. The van der Waals surface area contributed by atoms with Crippen LogP contribution < -0.4 is 0 Å². The van der Waals surface area contributed by atoms with E-state index in [4.69, 9.17) is 0 Å². The molecule has 1 saturated carbocycles. The van der Waals surface area contributed by atoms with E-state index in [9.17, 15) is 5.11 Å². The number of hydrogen-bond acceptors (Lipinski definition) is 1. The normalized spacial score (nSPS) is 39.2. The summed E-state index contributed by atoms with van der Waals surface area (Å²) in [5.74, 6) is 0.945. The molecule has 1 fully saturated rings. The summed E-state index contributed by atoms with van der Waals surface area (Å²) in [6, 6.07) is 10.1. The van der Waals surface area contributed by atoms with Gasteiger partial charge in [0.15, 0.2) is 0 Å². The van der Waals surface area contributed by atoms with E-state index in [1.165, 1.54) is 0 Å². The topological polar surface area (TPSA) is 20.2 Å². The van der Waals surface area contributed by atoms with Crippen LogP contribution in [0.25, 0.3) is 0 Å². The number of fused-ring (bicyclic) bond motifs is 2. The maximum Gasteiger partial charge on any atom is 0.0964 e. The molecule has 72 valence electrons. The Balaban J connectivity index is 2.03. The molecule has 0 unspecified atom stereocenters. The van der Waals surface area contributed by atoms with Gasteiger partial charge in [-0.15, -0.1) is 0 Å². The highest BCUT2D eigenvalue weighted by Gasteiger charge is 2.47. The third kappa shape index (κ3) is 0.992. The van der Waals surface area contributed by atoms with Gasteiger partial charge in [0.1, 0.15) is 0 Å². The lowest BCUT2D eigenvalue weighted by molar-refractivity contribution is 0.0103. The Hall–Kier alpha value is -1.08. The second-order valence-corrected chi connectivity index (χ2v) is 4.48. The first-order valence-electron chi connectivity index (χ1n) is 5.25. The van der Waals surface area contributed by atoms with Crippen LogP contribution in [0, 0.1) is 11.8 Å². The van der Waals surface area contributed by atoms with Crippen LogP contribution in [0.3, 0.4) is 0 Å². The van der Waals surface area contributed by atoms with Crippen molar-refractivity contribution in [2.75, 3.05) is 0 Å². The van der Waals surface area contributed by atoms with Crippen LogP contribution in [-0.2, 0) is 5.60 Å². The van der Waals surface area contributed by atoms with Gasteiger partial charge >= 0.3 is 0 Å². The number of hydrogen-bond donors (Lipinski definition) is 1. The van der Waals surface area contributed by atoms with Crippen molar-refractivity contribution in [3.8, 4) is 0 Å². The van der Waals surface area contributed by atoms with Crippen molar-refractivity contribution in [2.24, 2.45) is 11.8 Å². The molecular formula is C13H14O. The number of rotatable bonds is 1. The highest BCUT2D eigenvalue weighted by atomic mass is 16.3. The summed E-state index contributed by atoms with van der Waals surface area (Å²) in [6.07, 6.45) is 6.47. The quantitative estimate of drug-likeness (QED) is 0.668. The van der Waals surface area contributed by atoms with E-state index in [2.05, 4.69) is 12.2 Å².